The first-order chi connectivity index (χ1) is 11.8. The molecule has 1 heterocycles. The van der Waals surface area contributed by atoms with E-state index < -0.39 is 0 Å². The normalized spacial score (nSPS) is 16.0. The molecule has 0 atom stereocenters. The molecule has 4 rings (SSSR count). The van der Waals surface area contributed by atoms with Gasteiger partial charge >= 0.3 is 0 Å². The maximum atomic E-state index is 13.7. The van der Waals surface area contributed by atoms with Crippen molar-refractivity contribution >= 4 is 39.1 Å². The fourth-order valence-corrected chi connectivity index (χ4v) is 3.32. The number of thioether (sulfide) groups is 1. The third kappa shape index (κ3) is 3.03. The van der Waals surface area contributed by atoms with Crippen molar-refractivity contribution in [3.63, 3.8) is 0 Å². The van der Waals surface area contributed by atoms with Crippen molar-refractivity contribution in [1.82, 2.24) is 5.43 Å². The molecule has 3 aromatic rings. The molecule has 5 heteroatoms. The van der Waals surface area contributed by atoms with Crippen LogP contribution in [0, 0.1) is 5.82 Å². The van der Waals surface area contributed by atoms with E-state index in [9.17, 15) is 4.39 Å². The Hall–Kier alpha value is -2.66. The van der Waals surface area contributed by atoms with Crippen LogP contribution in [-0.4, -0.2) is 16.6 Å². The van der Waals surface area contributed by atoms with Crippen LogP contribution in [0.5, 0.6) is 0 Å². The minimum atomic E-state index is -0.336. The summed E-state index contributed by atoms with van der Waals surface area (Å²) in [5, 5.41) is 7.40. The fraction of sp³-hybridized carbons (Fsp3) is 0.0526. The number of fused-ring (bicyclic) bond motifs is 1. The standard InChI is InChI=1S/C19H14FN3S/c20-16-7-3-4-8-17(16)21-19-23-22-18(12-24-19)15-10-9-13-5-1-2-6-14(13)11-15/h1-11H,12H2,(H,21,23). The summed E-state index contributed by atoms with van der Waals surface area (Å²) in [6, 6.07) is 21.0. The third-order valence-corrected chi connectivity index (χ3v) is 4.66. The lowest BCUT2D eigenvalue weighted by Crippen LogP contribution is -2.25. The van der Waals surface area contributed by atoms with Crippen LogP contribution < -0.4 is 5.43 Å². The molecule has 1 N–H and O–H groups in total. The number of benzene rings is 3. The molecule has 3 nitrogen and oxygen atoms in total. The lowest BCUT2D eigenvalue weighted by atomic mass is 10.0. The number of para-hydroxylation sites is 1. The molecule has 0 amide bonds. The first kappa shape index (κ1) is 14.9. The highest BCUT2D eigenvalue weighted by Gasteiger charge is 2.14. The van der Waals surface area contributed by atoms with Gasteiger partial charge in [0.15, 0.2) is 5.17 Å². The van der Waals surface area contributed by atoms with E-state index in [0.717, 1.165) is 11.3 Å². The molecule has 1 aliphatic rings. The Morgan fingerprint density at radius 3 is 2.54 bits per heavy atom. The van der Waals surface area contributed by atoms with Gasteiger partial charge in [-0.05, 0) is 34.5 Å². The van der Waals surface area contributed by atoms with E-state index in [1.54, 1.807) is 18.2 Å². The number of hydrogen-bond donors (Lipinski definition) is 1. The third-order valence-electron chi connectivity index (χ3n) is 3.79. The van der Waals surface area contributed by atoms with E-state index in [1.807, 2.05) is 12.1 Å². The smallest absolute Gasteiger partial charge is 0.182 e. The number of nitrogens with zero attached hydrogens (tertiary/aromatic N) is 2. The van der Waals surface area contributed by atoms with Gasteiger partial charge in [-0.1, -0.05) is 60.3 Å². The van der Waals surface area contributed by atoms with Crippen LogP contribution in [0.15, 0.2) is 76.8 Å². The summed E-state index contributed by atoms with van der Waals surface area (Å²) >= 11 is 1.52. The summed E-state index contributed by atoms with van der Waals surface area (Å²) in [6.07, 6.45) is 0. The van der Waals surface area contributed by atoms with Gasteiger partial charge in [-0.15, -0.1) is 0 Å². The molecule has 0 saturated heterocycles. The quantitative estimate of drug-likeness (QED) is 0.736. The second kappa shape index (κ2) is 6.45. The molecule has 0 saturated carbocycles. The molecule has 0 aromatic heterocycles. The monoisotopic (exact) mass is 335 g/mol. The van der Waals surface area contributed by atoms with Gasteiger partial charge in [-0.2, -0.15) is 5.10 Å². The van der Waals surface area contributed by atoms with Gasteiger partial charge in [0, 0.05) is 5.75 Å². The zero-order chi connectivity index (χ0) is 16.4. The number of amidine groups is 1. The second-order valence-corrected chi connectivity index (χ2v) is 6.35. The number of halogens is 1. The Kier molecular flexibility index (Phi) is 4.01. The van der Waals surface area contributed by atoms with Crippen molar-refractivity contribution in [2.45, 2.75) is 0 Å². The molecule has 0 bridgehead atoms. The van der Waals surface area contributed by atoms with Crippen LogP contribution >= 0.6 is 11.8 Å². The average molecular weight is 335 g/mol. The van der Waals surface area contributed by atoms with Crippen molar-refractivity contribution in [1.29, 1.82) is 0 Å². The summed E-state index contributed by atoms with van der Waals surface area (Å²) in [5.74, 6) is 0.357. The van der Waals surface area contributed by atoms with Crippen LogP contribution in [0.3, 0.4) is 0 Å². The van der Waals surface area contributed by atoms with Gasteiger partial charge in [-0.3, -0.25) is 5.43 Å². The Labute approximate surface area is 143 Å². The zero-order valence-corrected chi connectivity index (χ0v) is 13.6. The zero-order valence-electron chi connectivity index (χ0n) is 12.7. The first-order valence-electron chi connectivity index (χ1n) is 7.57. The van der Waals surface area contributed by atoms with Gasteiger partial charge in [0.2, 0.25) is 0 Å². The highest BCUT2D eigenvalue weighted by molar-refractivity contribution is 8.14. The molecular weight excluding hydrogens is 321 g/mol. The number of aliphatic imine (C=N–C) groups is 1. The average Bonchev–Trinajstić information content (AvgIpc) is 2.64. The number of nitrogens with one attached hydrogen (secondary N) is 1. The molecule has 0 radical (unpaired) electrons. The van der Waals surface area contributed by atoms with Crippen molar-refractivity contribution < 1.29 is 4.39 Å². The molecular formula is C19H14FN3S. The lowest BCUT2D eigenvalue weighted by molar-refractivity contribution is 0.630. The van der Waals surface area contributed by atoms with Gasteiger partial charge in [0.05, 0.1) is 5.71 Å². The van der Waals surface area contributed by atoms with E-state index in [2.05, 4.69) is 45.9 Å². The summed E-state index contributed by atoms with van der Waals surface area (Å²) in [5.41, 5.74) is 5.28. The van der Waals surface area contributed by atoms with E-state index in [1.165, 1.54) is 28.6 Å². The molecule has 0 fully saturated rings. The summed E-state index contributed by atoms with van der Waals surface area (Å²) in [6.45, 7) is 0. The highest BCUT2D eigenvalue weighted by atomic mass is 32.2. The van der Waals surface area contributed by atoms with E-state index in [0.29, 0.717) is 16.6 Å². The Bertz CT molecular complexity index is 965. The number of hydrogen-bond acceptors (Lipinski definition) is 3. The molecule has 24 heavy (non-hydrogen) atoms. The Balaban J connectivity index is 1.58. The van der Waals surface area contributed by atoms with E-state index in [4.69, 9.17) is 0 Å². The SMILES string of the molecule is Fc1ccccc1N=C1NN=C(c2ccc3ccccc3c2)CS1. The van der Waals surface area contributed by atoms with Crippen molar-refractivity contribution in [2.24, 2.45) is 10.1 Å². The lowest BCUT2D eigenvalue weighted by Gasteiger charge is -2.15. The molecule has 3 aromatic carbocycles. The molecule has 1 aliphatic heterocycles. The van der Waals surface area contributed by atoms with Crippen LogP contribution in [0.2, 0.25) is 0 Å². The number of rotatable bonds is 2. The van der Waals surface area contributed by atoms with Crippen LogP contribution in [0.1, 0.15) is 5.56 Å². The predicted molar refractivity (Wildman–Crippen MR) is 99.6 cm³/mol. The summed E-state index contributed by atoms with van der Waals surface area (Å²) < 4.78 is 13.7. The molecule has 0 aliphatic carbocycles. The molecule has 118 valence electrons. The molecule has 0 unspecified atom stereocenters. The van der Waals surface area contributed by atoms with Crippen LogP contribution in [0.25, 0.3) is 10.8 Å². The molecule has 0 spiro atoms. The van der Waals surface area contributed by atoms with Gasteiger partial charge in [0.1, 0.15) is 11.5 Å². The predicted octanol–water partition coefficient (Wildman–Crippen LogP) is 4.71. The number of hydrazone groups is 1. The van der Waals surface area contributed by atoms with Crippen molar-refractivity contribution in [3.05, 3.63) is 78.1 Å². The first-order valence-corrected chi connectivity index (χ1v) is 8.56. The maximum absolute atomic E-state index is 13.7. The van der Waals surface area contributed by atoms with Gasteiger partial charge < -0.3 is 0 Å². The van der Waals surface area contributed by atoms with Crippen LogP contribution in [0.4, 0.5) is 10.1 Å². The largest absolute Gasteiger partial charge is 0.255 e. The van der Waals surface area contributed by atoms with Crippen molar-refractivity contribution in [2.75, 3.05) is 5.75 Å². The minimum absolute atomic E-state index is 0.317. The second-order valence-electron chi connectivity index (χ2n) is 5.39. The highest BCUT2D eigenvalue weighted by Crippen LogP contribution is 2.22. The Morgan fingerprint density at radius 1 is 0.958 bits per heavy atom. The maximum Gasteiger partial charge on any atom is 0.182 e. The minimum Gasteiger partial charge on any atom is -0.255 e. The Morgan fingerprint density at radius 2 is 1.75 bits per heavy atom. The topological polar surface area (TPSA) is 36.8 Å². The van der Waals surface area contributed by atoms with Crippen LogP contribution in [-0.2, 0) is 0 Å². The summed E-state index contributed by atoms with van der Waals surface area (Å²) in [7, 11) is 0. The van der Waals surface area contributed by atoms with E-state index in [-0.39, 0.29) is 5.82 Å². The van der Waals surface area contributed by atoms with E-state index >= 15 is 0 Å². The van der Waals surface area contributed by atoms with Gasteiger partial charge in [0.25, 0.3) is 0 Å². The van der Waals surface area contributed by atoms with Gasteiger partial charge in [-0.25, -0.2) is 9.38 Å². The summed E-state index contributed by atoms with van der Waals surface area (Å²) in [4.78, 5) is 4.28. The van der Waals surface area contributed by atoms with Crippen molar-refractivity contribution in [3.8, 4) is 0 Å². The fourth-order valence-electron chi connectivity index (χ4n) is 2.54.